The molecular weight excluding hydrogens is 186 g/mol. The third-order valence-corrected chi connectivity index (χ3v) is 3.16. The van der Waals surface area contributed by atoms with Gasteiger partial charge in [0.25, 0.3) is 0 Å². The lowest BCUT2D eigenvalue weighted by atomic mass is 9.99. The smallest absolute Gasteiger partial charge is 0.00510 e. The van der Waals surface area contributed by atoms with Crippen LogP contribution in [0.5, 0.6) is 0 Å². The lowest BCUT2D eigenvalue weighted by Gasteiger charge is -2.25. The molecule has 3 nitrogen and oxygen atoms in total. The second-order valence-corrected chi connectivity index (χ2v) is 5.11. The summed E-state index contributed by atoms with van der Waals surface area (Å²) in [5, 5.41) is 7.10. The average Bonchev–Trinajstić information content (AvgIpc) is 2.25. The second kappa shape index (κ2) is 7.20. The summed E-state index contributed by atoms with van der Waals surface area (Å²) in [5.74, 6) is 0.848. The van der Waals surface area contributed by atoms with Gasteiger partial charge in [-0.15, -0.1) is 0 Å². The number of hydrogen-bond acceptors (Lipinski definition) is 3. The van der Waals surface area contributed by atoms with Gasteiger partial charge in [0.2, 0.25) is 0 Å². The molecule has 0 aromatic heterocycles. The highest BCUT2D eigenvalue weighted by atomic mass is 15.1. The van der Waals surface area contributed by atoms with Crippen LogP contribution < -0.4 is 10.6 Å². The fourth-order valence-electron chi connectivity index (χ4n) is 2.02. The van der Waals surface area contributed by atoms with Crippen molar-refractivity contribution in [1.82, 2.24) is 15.5 Å². The molecule has 1 aliphatic heterocycles. The van der Waals surface area contributed by atoms with Gasteiger partial charge >= 0.3 is 0 Å². The van der Waals surface area contributed by atoms with Crippen LogP contribution in [0.3, 0.4) is 0 Å². The minimum absolute atomic E-state index is 0.648. The molecule has 1 rings (SSSR count). The summed E-state index contributed by atoms with van der Waals surface area (Å²) in [6, 6.07) is 0.648. The third kappa shape index (κ3) is 6.13. The molecule has 0 radical (unpaired) electrons. The van der Waals surface area contributed by atoms with Crippen molar-refractivity contribution in [3.63, 3.8) is 0 Å². The molecule has 90 valence electrons. The van der Waals surface area contributed by atoms with E-state index >= 15 is 0 Å². The lowest BCUT2D eigenvalue weighted by molar-refractivity contribution is 0.324. The molecule has 1 heterocycles. The summed E-state index contributed by atoms with van der Waals surface area (Å²) < 4.78 is 0. The summed E-state index contributed by atoms with van der Waals surface area (Å²) in [4.78, 5) is 2.25. The van der Waals surface area contributed by atoms with Gasteiger partial charge in [0.15, 0.2) is 0 Å². The zero-order valence-electron chi connectivity index (χ0n) is 10.6. The maximum Gasteiger partial charge on any atom is 0.00510 e. The minimum Gasteiger partial charge on any atom is -0.316 e. The van der Waals surface area contributed by atoms with Crippen LogP contribution >= 0.6 is 0 Å². The van der Waals surface area contributed by atoms with Gasteiger partial charge in [-0.3, -0.25) is 0 Å². The Morgan fingerprint density at radius 1 is 1.47 bits per heavy atom. The first-order valence-electron chi connectivity index (χ1n) is 6.27. The predicted molar refractivity (Wildman–Crippen MR) is 66.2 cm³/mol. The molecule has 0 spiro atoms. The highest BCUT2D eigenvalue weighted by molar-refractivity contribution is 4.73. The molecule has 0 amide bonds. The van der Waals surface area contributed by atoms with Gasteiger partial charge in [-0.1, -0.05) is 0 Å². The van der Waals surface area contributed by atoms with Gasteiger partial charge in [-0.25, -0.2) is 0 Å². The highest BCUT2D eigenvalue weighted by Gasteiger charge is 2.13. The number of piperidine rings is 1. The van der Waals surface area contributed by atoms with Gasteiger partial charge in [-0.05, 0) is 72.4 Å². The maximum absolute atomic E-state index is 3.64. The Labute approximate surface area is 94.6 Å². The van der Waals surface area contributed by atoms with Crippen molar-refractivity contribution in [2.45, 2.75) is 32.2 Å². The standard InChI is InChI=1S/C12H27N3/c1-11(6-8-15(2)3)14-10-12-5-4-7-13-9-12/h11-14H,4-10H2,1-3H3. The van der Waals surface area contributed by atoms with E-state index in [1.165, 1.54) is 45.4 Å². The van der Waals surface area contributed by atoms with Crippen molar-refractivity contribution in [2.24, 2.45) is 5.92 Å². The Balaban J connectivity index is 2.02. The summed E-state index contributed by atoms with van der Waals surface area (Å²) in [5.41, 5.74) is 0. The first-order chi connectivity index (χ1) is 7.18. The van der Waals surface area contributed by atoms with Crippen molar-refractivity contribution in [1.29, 1.82) is 0 Å². The maximum atomic E-state index is 3.64. The Kier molecular flexibility index (Phi) is 6.22. The Hall–Kier alpha value is -0.120. The van der Waals surface area contributed by atoms with Crippen LogP contribution in [0.4, 0.5) is 0 Å². The van der Waals surface area contributed by atoms with Crippen LogP contribution in [0.2, 0.25) is 0 Å². The molecule has 2 unspecified atom stereocenters. The fraction of sp³-hybridized carbons (Fsp3) is 1.00. The second-order valence-electron chi connectivity index (χ2n) is 5.11. The van der Waals surface area contributed by atoms with Crippen molar-refractivity contribution in [3.05, 3.63) is 0 Å². The zero-order chi connectivity index (χ0) is 11.1. The molecule has 0 aliphatic carbocycles. The lowest BCUT2D eigenvalue weighted by Crippen LogP contribution is -2.39. The van der Waals surface area contributed by atoms with E-state index in [4.69, 9.17) is 0 Å². The number of nitrogens with one attached hydrogen (secondary N) is 2. The van der Waals surface area contributed by atoms with Crippen LogP contribution in [-0.2, 0) is 0 Å². The Morgan fingerprint density at radius 3 is 2.87 bits per heavy atom. The Morgan fingerprint density at radius 2 is 2.27 bits per heavy atom. The van der Waals surface area contributed by atoms with Gasteiger partial charge in [0.05, 0.1) is 0 Å². The van der Waals surface area contributed by atoms with Gasteiger partial charge in [0.1, 0.15) is 0 Å². The van der Waals surface area contributed by atoms with E-state index in [9.17, 15) is 0 Å². The van der Waals surface area contributed by atoms with Crippen LogP contribution in [0, 0.1) is 5.92 Å². The Bertz CT molecular complexity index is 153. The van der Waals surface area contributed by atoms with E-state index in [0.29, 0.717) is 6.04 Å². The molecule has 0 aromatic carbocycles. The van der Waals surface area contributed by atoms with Crippen molar-refractivity contribution >= 4 is 0 Å². The minimum atomic E-state index is 0.648. The first-order valence-corrected chi connectivity index (χ1v) is 6.27. The van der Waals surface area contributed by atoms with Gasteiger partial charge in [0, 0.05) is 6.04 Å². The molecule has 2 atom stereocenters. The van der Waals surface area contributed by atoms with E-state index in [-0.39, 0.29) is 0 Å². The number of hydrogen-bond donors (Lipinski definition) is 2. The van der Waals surface area contributed by atoms with Gasteiger partial charge < -0.3 is 15.5 Å². The zero-order valence-corrected chi connectivity index (χ0v) is 10.6. The molecule has 2 N–H and O–H groups in total. The van der Waals surface area contributed by atoms with Crippen LogP contribution in [0.1, 0.15) is 26.2 Å². The van der Waals surface area contributed by atoms with Crippen molar-refractivity contribution in [3.8, 4) is 0 Å². The molecule has 3 heteroatoms. The summed E-state index contributed by atoms with van der Waals surface area (Å²) in [6.07, 6.45) is 3.98. The number of rotatable bonds is 6. The molecule has 1 fully saturated rings. The molecule has 0 aromatic rings. The molecule has 1 saturated heterocycles. The summed E-state index contributed by atoms with van der Waals surface area (Å²) in [7, 11) is 4.27. The van der Waals surface area contributed by atoms with E-state index in [0.717, 1.165) is 5.92 Å². The average molecular weight is 213 g/mol. The topological polar surface area (TPSA) is 27.3 Å². The number of nitrogens with zero attached hydrogens (tertiary/aromatic N) is 1. The van der Waals surface area contributed by atoms with E-state index in [2.05, 4.69) is 36.6 Å². The SMILES string of the molecule is CC(CCN(C)C)NCC1CCCNC1. The molecular formula is C12H27N3. The summed E-state index contributed by atoms with van der Waals surface area (Å²) >= 11 is 0. The third-order valence-electron chi connectivity index (χ3n) is 3.16. The van der Waals surface area contributed by atoms with E-state index in [1.54, 1.807) is 0 Å². The van der Waals surface area contributed by atoms with Crippen molar-refractivity contribution in [2.75, 3.05) is 40.3 Å². The quantitative estimate of drug-likeness (QED) is 0.687. The molecule has 1 aliphatic rings. The van der Waals surface area contributed by atoms with Crippen LogP contribution in [0.25, 0.3) is 0 Å². The fourth-order valence-corrected chi connectivity index (χ4v) is 2.02. The normalized spacial score (nSPS) is 24.4. The van der Waals surface area contributed by atoms with E-state index in [1.807, 2.05) is 0 Å². The van der Waals surface area contributed by atoms with Crippen LogP contribution in [-0.4, -0.2) is 51.2 Å². The molecule has 15 heavy (non-hydrogen) atoms. The molecule has 0 saturated carbocycles. The summed E-state index contributed by atoms with van der Waals surface area (Å²) in [6.45, 7) is 7.07. The predicted octanol–water partition coefficient (Wildman–Crippen LogP) is 0.916. The highest BCUT2D eigenvalue weighted by Crippen LogP contribution is 2.08. The van der Waals surface area contributed by atoms with Crippen molar-refractivity contribution < 1.29 is 0 Å². The van der Waals surface area contributed by atoms with Crippen LogP contribution in [0.15, 0.2) is 0 Å². The molecule has 0 bridgehead atoms. The largest absolute Gasteiger partial charge is 0.316 e. The first kappa shape index (κ1) is 12.9. The van der Waals surface area contributed by atoms with Gasteiger partial charge in [-0.2, -0.15) is 0 Å². The monoisotopic (exact) mass is 213 g/mol. The van der Waals surface area contributed by atoms with E-state index < -0.39 is 0 Å².